The van der Waals surface area contributed by atoms with Gasteiger partial charge >= 0.3 is 0 Å². The first kappa shape index (κ1) is 17.8. The maximum atomic E-state index is 12.3. The van der Waals surface area contributed by atoms with Gasteiger partial charge in [-0.05, 0) is 32.3 Å². The highest BCUT2D eigenvalue weighted by Crippen LogP contribution is 2.34. The summed E-state index contributed by atoms with van der Waals surface area (Å²) in [4.78, 5) is 12.3. The number of ether oxygens (including phenoxy) is 2. The standard InChI is InChI=1S/C22H26O3/c1-22(2)20(15-14-19(23)18-11-7-4-8-12-18)24-21(25-22)16-13-17-9-5-3-6-10-17/h3-12,20-21H,13-16H2,1-2H3. The minimum absolute atomic E-state index is 0.0547. The lowest BCUT2D eigenvalue weighted by Gasteiger charge is -2.23. The Morgan fingerprint density at radius 3 is 2.28 bits per heavy atom. The summed E-state index contributed by atoms with van der Waals surface area (Å²) in [6.07, 6.45) is 2.66. The van der Waals surface area contributed by atoms with Gasteiger partial charge < -0.3 is 9.47 Å². The number of aryl methyl sites for hydroxylation is 1. The molecule has 1 aliphatic rings. The van der Waals surface area contributed by atoms with E-state index in [0.29, 0.717) is 12.8 Å². The predicted octanol–water partition coefficient (Wildman–Crippen LogP) is 4.80. The molecule has 1 heterocycles. The van der Waals surface area contributed by atoms with E-state index in [4.69, 9.17) is 9.47 Å². The monoisotopic (exact) mass is 338 g/mol. The third kappa shape index (κ3) is 4.77. The Labute approximate surface area is 150 Å². The van der Waals surface area contributed by atoms with Gasteiger partial charge in [0.15, 0.2) is 12.1 Å². The van der Waals surface area contributed by atoms with Crippen molar-refractivity contribution in [1.82, 2.24) is 0 Å². The first-order chi connectivity index (χ1) is 12.0. The second kappa shape index (κ2) is 7.94. The van der Waals surface area contributed by atoms with Crippen molar-refractivity contribution in [2.75, 3.05) is 0 Å². The highest BCUT2D eigenvalue weighted by Gasteiger charge is 2.42. The van der Waals surface area contributed by atoms with Crippen molar-refractivity contribution in [3.8, 4) is 0 Å². The molecular formula is C22H26O3. The molecule has 1 fully saturated rings. The molecule has 1 saturated heterocycles. The van der Waals surface area contributed by atoms with Crippen LogP contribution < -0.4 is 0 Å². The molecule has 132 valence electrons. The van der Waals surface area contributed by atoms with E-state index in [9.17, 15) is 4.79 Å². The molecule has 3 nitrogen and oxygen atoms in total. The summed E-state index contributed by atoms with van der Waals surface area (Å²) in [5.41, 5.74) is 1.69. The molecule has 0 spiro atoms. The van der Waals surface area contributed by atoms with Crippen LogP contribution in [-0.4, -0.2) is 23.8 Å². The lowest BCUT2D eigenvalue weighted by molar-refractivity contribution is -0.0843. The van der Waals surface area contributed by atoms with Crippen molar-refractivity contribution in [3.63, 3.8) is 0 Å². The van der Waals surface area contributed by atoms with Crippen molar-refractivity contribution in [2.45, 2.75) is 57.5 Å². The molecule has 2 atom stereocenters. The molecule has 0 N–H and O–H groups in total. The molecule has 25 heavy (non-hydrogen) atoms. The Kier molecular flexibility index (Phi) is 5.67. The number of hydrogen-bond acceptors (Lipinski definition) is 3. The van der Waals surface area contributed by atoms with E-state index in [-0.39, 0.29) is 23.8 Å². The van der Waals surface area contributed by atoms with Crippen molar-refractivity contribution >= 4 is 5.78 Å². The highest BCUT2D eigenvalue weighted by atomic mass is 16.7. The van der Waals surface area contributed by atoms with Gasteiger partial charge in [0.2, 0.25) is 0 Å². The van der Waals surface area contributed by atoms with E-state index in [2.05, 4.69) is 12.1 Å². The SMILES string of the molecule is CC1(C)OC(CCc2ccccc2)OC1CCC(=O)c1ccccc1. The molecule has 3 heteroatoms. The number of carbonyl (C=O) groups is 1. The second-order valence-electron chi connectivity index (χ2n) is 7.13. The van der Waals surface area contributed by atoms with E-state index in [1.807, 2.05) is 62.4 Å². The van der Waals surface area contributed by atoms with E-state index in [1.54, 1.807) is 0 Å². The fourth-order valence-electron chi connectivity index (χ4n) is 3.29. The summed E-state index contributed by atoms with van der Waals surface area (Å²) in [6, 6.07) is 19.8. The molecule has 2 unspecified atom stereocenters. The van der Waals surface area contributed by atoms with Crippen LogP contribution in [0.2, 0.25) is 0 Å². The summed E-state index contributed by atoms with van der Waals surface area (Å²) in [5.74, 6) is 0.160. The zero-order chi connectivity index (χ0) is 17.7. The average Bonchev–Trinajstić information content (AvgIpc) is 2.93. The largest absolute Gasteiger partial charge is 0.346 e. The van der Waals surface area contributed by atoms with Crippen LogP contribution >= 0.6 is 0 Å². The molecule has 0 amide bonds. The van der Waals surface area contributed by atoms with Crippen molar-refractivity contribution in [1.29, 1.82) is 0 Å². The molecule has 3 rings (SSSR count). The van der Waals surface area contributed by atoms with E-state index in [0.717, 1.165) is 18.4 Å². The summed E-state index contributed by atoms with van der Waals surface area (Å²) >= 11 is 0. The minimum Gasteiger partial charge on any atom is -0.346 e. The van der Waals surface area contributed by atoms with Crippen LogP contribution in [0.5, 0.6) is 0 Å². The molecule has 2 aromatic rings. The number of carbonyl (C=O) groups excluding carboxylic acids is 1. The van der Waals surface area contributed by atoms with Gasteiger partial charge in [0, 0.05) is 18.4 Å². The zero-order valence-corrected chi connectivity index (χ0v) is 15.0. The van der Waals surface area contributed by atoms with Gasteiger partial charge in [-0.3, -0.25) is 4.79 Å². The maximum Gasteiger partial charge on any atom is 0.162 e. The lowest BCUT2D eigenvalue weighted by Crippen LogP contribution is -2.33. The smallest absolute Gasteiger partial charge is 0.162 e. The molecule has 0 saturated carbocycles. The highest BCUT2D eigenvalue weighted by molar-refractivity contribution is 5.95. The normalized spacial score (nSPS) is 22.0. The Morgan fingerprint density at radius 1 is 0.960 bits per heavy atom. The summed E-state index contributed by atoms with van der Waals surface area (Å²) in [7, 11) is 0. The third-order valence-electron chi connectivity index (χ3n) is 4.77. The Balaban J connectivity index is 1.51. The van der Waals surface area contributed by atoms with Gasteiger partial charge in [-0.2, -0.15) is 0 Å². The van der Waals surface area contributed by atoms with Crippen LogP contribution in [-0.2, 0) is 15.9 Å². The minimum atomic E-state index is -0.363. The van der Waals surface area contributed by atoms with E-state index in [1.165, 1.54) is 5.56 Å². The molecule has 0 radical (unpaired) electrons. The first-order valence-corrected chi connectivity index (χ1v) is 9.00. The fourth-order valence-corrected chi connectivity index (χ4v) is 3.29. The van der Waals surface area contributed by atoms with Crippen molar-refractivity contribution < 1.29 is 14.3 Å². The zero-order valence-electron chi connectivity index (χ0n) is 15.0. The van der Waals surface area contributed by atoms with Crippen LogP contribution in [0.15, 0.2) is 60.7 Å². The molecule has 1 aliphatic heterocycles. The lowest BCUT2D eigenvalue weighted by atomic mass is 9.95. The number of ketones is 1. The van der Waals surface area contributed by atoms with Gasteiger partial charge in [-0.15, -0.1) is 0 Å². The molecule has 2 aromatic carbocycles. The van der Waals surface area contributed by atoms with Gasteiger partial charge in [0.05, 0.1) is 11.7 Å². The maximum absolute atomic E-state index is 12.3. The third-order valence-corrected chi connectivity index (χ3v) is 4.77. The van der Waals surface area contributed by atoms with Crippen LogP contribution in [0.4, 0.5) is 0 Å². The first-order valence-electron chi connectivity index (χ1n) is 9.00. The van der Waals surface area contributed by atoms with Crippen LogP contribution in [0.25, 0.3) is 0 Å². The quantitative estimate of drug-likeness (QED) is 0.680. The van der Waals surface area contributed by atoms with E-state index >= 15 is 0 Å². The topological polar surface area (TPSA) is 35.5 Å². The van der Waals surface area contributed by atoms with Gasteiger partial charge in [0.1, 0.15) is 0 Å². The summed E-state index contributed by atoms with van der Waals surface area (Å²) in [5, 5.41) is 0. The van der Waals surface area contributed by atoms with Gasteiger partial charge in [-0.25, -0.2) is 0 Å². The average molecular weight is 338 g/mol. The number of hydrogen-bond donors (Lipinski definition) is 0. The van der Waals surface area contributed by atoms with Crippen LogP contribution in [0, 0.1) is 0 Å². The predicted molar refractivity (Wildman–Crippen MR) is 98.6 cm³/mol. The molecule has 0 aromatic heterocycles. The van der Waals surface area contributed by atoms with Crippen molar-refractivity contribution in [2.24, 2.45) is 0 Å². The van der Waals surface area contributed by atoms with Crippen LogP contribution in [0.1, 0.15) is 49.0 Å². The van der Waals surface area contributed by atoms with Gasteiger partial charge in [-0.1, -0.05) is 60.7 Å². The number of rotatable bonds is 7. The molecule has 0 bridgehead atoms. The summed E-state index contributed by atoms with van der Waals surface area (Å²) in [6.45, 7) is 4.10. The Hall–Kier alpha value is -1.97. The molecular weight excluding hydrogens is 312 g/mol. The fraction of sp³-hybridized carbons (Fsp3) is 0.409. The molecule has 0 aliphatic carbocycles. The second-order valence-corrected chi connectivity index (χ2v) is 7.13. The van der Waals surface area contributed by atoms with Crippen LogP contribution in [0.3, 0.4) is 0 Å². The summed E-state index contributed by atoms with van der Waals surface area (Å²) < 4.78 is 12.2. The Morgan fingerprint density at radius 2 is 1.60 bits per heavy atom. The van der Waals surface area contributed by atoms with Gasteiger partial charge in [0.25, 0.3) is 0 Å². The van der Waals surface area contributed by atoms with E-state index < -0.39 is 0 Å². The number of benzene rings is 2. The number of Topliss-reactive ketones (excluding diaryl/α,β-unsaturated/α-hetero) is 1. The van der Waals surface area contributed by atoms with Crippen molar-refractivity contribution in [3.05, 3.63) is 71.8 Å². The Bertz CT molecular complexity index is 679.